The van der Waals surface area contributed by atoms with E-state index in [4.69, 9.17) is 21.1 Å². The van der Waals surface area contributed by atoms with Gasteiger partial charge in [0.1, 0.15) is 5.75 Å². The van der Waals surface area contributed by atoms with Crippen molar-refractivity contribution in [2.45, 2.75) is 6.10 Å². The average molecular weight is 274 g/mol. The molecule has 1 aromatic carbocycles. The molecule has 0 radical (unpaired) electrons. The maximum atomic E-state index is 11.4. The van der Waals surface area contributed by atoms with Crippen LogP contribution in [0.15, 0.2) is 24.3 Å². The van der Waals surface area contributed by atoms with E-state index in [-0.39, 0.29) is 25.7 Å². The summed E-state index contributed by atoms with van der Waals surface area (Å²) >= 11 is 5.86. The number of aliphatic hydroxyl groups excluding tert-OH is 1. The van der Waals surface area contributed by atoms with E-state index in [1.54, 1.807) is 24.3 Å². The fraction of sp³-hybridized carbons (Fsp3) is 0.417. The Hall–Kier alpha value is -1.30. The Kier molecular flexibility index (Phi) is 6.49. The molecule has 0 bridgehead atoms. The number of benzene rings is 1. The molecule has 0 aliphatic carbocycles. The van der Waals surface area contributed by atoms with Crippen molar-refractivity contribution in [3.05, 3.63) is 29.3 Å². The minimum Gasteiger partial charge on any atom is -0.482 e. The van der Waals surface area contributed by atoms with Crippen molar-refractivity contribution in [2.75, 3.05) is 26.9 Å². The van der Waals surface area contributed by atoms with Crippen molar-refractivity contribution in [1.29, 1.82) is 0 Å². The lowest BCUT2D eigenvalue weighted by molar-refractivity contribution is -0.123. The highest BCUT2D eigenvalue weighted by Crippen LogP contribution is 2.22. The van der Waals surface area contributed by atoms with Crippen molar-refractivity contribution in [3.8, 4) is 5.75 Å². The number of methoxy groups -OCH3 is 1. The SMILES string of the molecule is COCC(O)CNC(=O)COc1ccccc1Cl. The molecule has 1 rings (SSSR count). The summed E-state index contributed by atoms with van der Waals surface area (Å²) < 4.78 is 9.96. The van der Waals surface area contributed by atoms with Crippen LogP contribution in [0.25, 0.3) is 0 Å². The Bertz CT molecular complexity index is 386. The number of aliphatic hydroxyl groups is 1. The van der Waals surface area contributed by atoms with Gasteiger partial charge in [-0.05, 0) is 12.1 Å². The maximum Gasteiger partial charge on any atom is 0.258 e. The Morgan fingerprint density at radius 2 is 2.22 bits per heavy atom. The molecule has 100 valence electrons. The molecular weight excluding hydrogens is 258 g/mol. The number of halogens is 1. The molecule has 0 aromatic heterocycles. The molecule has 0 aliphatic rings. The van der Waals surface area contributed by atoms with Crippen LogP contribution in [0.4, 0.5) is 0 Å². The lowest BCUT2D eigenvalue weighted by Crippen LogP contribution is -2.37. The minimum atomic E-state index is -0.723. The highest BCUT2D eigenvalue weighted by atomic mass is 35.5. The fourth-order valence-corrected chi connectivity index (χ4v) is 1.43. The topological polar surface area (TPSA) is 67.8 Å². The number of para-hydroxylation sites is 1. The molecule has 0 saturated carbocycles. The summed E-state index contributed by atoms with van der Waals surface area (Å²) in [5.41, 5.74) is 0. The average Bonchev–Trinajstić information content (AvgIpc) is 2.36. The van der Waals surface area contributed by atoms with Gasteiger partial charge in [0.25, 0.3) is 5.91 Å². The van der Waals surface area contributed by atoms with Gasteiger partial charge in [0, 0.05) is 13.7 Å². The zero-order valence-electron chi connectivity index (χ0n) is 10.1. The molecule has 0 saturated heterocycles. The third-order valence-electron chi connectivity index (χ3n) is 2.09. The smallest absolute Gasteiger partial charge is 0.258 e. The molecule has 5 nitrogen and oxygen atoms in total. The van der Waals surface area contributed by atoms with E-state index in [1.165, 1.54) is 7.11 Å². The predicted octanol–water partition coefficient (Wildman–Crippen LogP) is 0.842. The van der Waals surface area contributed by atoms with Crippen molar-refractivity contribution in [2.24, 2.45) is 0 Å². The van der Waals surface area contributed by atoms with Gasteiger partial charge in [-0.25, -0.2) is 0 Å². The second-order valence-electron chi connectivity index (χ2n) is 3.63. The van der Waals surface area contributed by atoms with Gasteiger partial charge < -0.3 is 19.9 Å². The monoisotopic (exact) mass is 273 g/mol. The molecule has 2 N–H and O–H groups in total. The largest absolute Gasteiger partial charge is 0.482 e. The number of hydrogen-bond donors (Lipinski definition) is 2. The Balaban J connectivity index is 2.27. The molecular formula is C12H16ClNO4. The summed E-state index contributed by atoms with van der Waals surface area (Å²) in [6.45, 7) is 0.146. The van der Waals surface area contributed by atoms with Crippen LogP contribution in [-0.4, -0.2) is 44.0 Å². The Labute approximate surface area is 111 Å². The molecule has 0 spiro atoms. The summed E-state index contributed by atoms with van der Waals surface area (Å²) in [5, 5.41) is 12.3. The maximum absolute atomic E-state index is 11.4. The molecule has 1 aromatic rings. The van der Waals surface area contributed by atoms with Crippen molar-refractivity contribution < 1.29 is 19.4 Å². The number of rotatable bonds is 7. The van der Waals surface area contributed by atoms with Gasteiger partial charge in [0.05, 0.1) is 17.7 Å². The van der Waals surface area contributed by atoms with Gasteiger partial charge in [-0.1, -0.05) is 23.7 Å². The van der Waals surface area contributed by atoms with E-state index in [9.17, 15) is 9.90 Å². The quantitative estimate of drug-likeness (QED) is 0.773. The first-order valence-corrected chi connectivity index (χ1v) is 5.82. The van der Waals surface area contributed by atoms with Crippen LogP contribution >= 0.6 is 11.6 Å². The fourth-order valence-electron chi connectivity index (χ4n) is 1.24. The van der Waals surface area contributed by atoms with E-state index in [0.29, 0.717) is 10.8 Å². The zero-order valence-corrected chi connectivity index (χ0v) is 10.8. The summed E-state index contributed by atoms with van der Waals surface area (Å²) in [7, 11) is 1.48. The molecule has 6 heteroatoms. The zero-order chi connectivity index (χ0) is 13.4. The van der Waals surface area contributed by atoms with Crippen molar-refractivity contribution >= 4 is 17.5 Å². The van der Waals surface area contributed by atoms with Gasteiger partial charge in [-0.2, -0.15) is 0 Å². The summed E-state index contributed by atoms with van der Waals surface area (Å²) in [5.74, 6) is 0.122. The van der Waals surface area contributed by atoms with Gasteiger partial charge in [0.2, 0.25) is 0 Å². The van der Waals surface area contributed by atoms with E-state index in [0.717, 1.165) is 0 Å². The molecule has 0 aliphatic heterocycles. The van der Waals surface area contributed by atoms with Crippen molar-refractivity contribution in [3.63, 3.8) is 0 Å². The van der Waals surface area contributed by atoms with E-state index >= 15 is 0 Å². The number of hydrogen-bond acceptors (Lipinski definition) is 4. The van der Waals surface area contributed by atoms with Crippen LogP contribution in [0.3, 0.4) is 0 Å². The van der Waals surface area contributed by atoms with Crippen LogP contribution in [0.2, 0.25) is 5.02 Å². The summed E-state index contributed by atoms with van der Waals surface area (Å²) in [4.78, 5) is 11.4. The number of ether oxygens (including phenoxy) is 2. The van der Waals surface area contributed by atoms with Crippen molar-refractivity contribution in [1.82, 2.24) is 5.32 Å². The van der Waals surface area contributed by atoms with Gasteiger partial charge in [-0.15, -0.1) is 0 Å². The number of amides is 1. The summed E-state index contributed by atoms with van der Waals surface area (Å²) in [6, 6.07) is 6.89. The Morgan fingerprint density at radius 3 is 2.89 bits per heavy atom. The second kappa shape index (κ2) is 7.92. The van der Waals surface area contributed by atoms with E-state index < -0.39 is 6.10 Å². The molecule has 1 amide bonds. The van der Waals surface area contributed by atoms with Crippen LogP contribution in [0.1, 0.15) is 0 Å². The minimum absolute atomic E-state index is 0.124. The first-order valence-electron chi connectivity index (χ1n) is 5.44. The van der Waals surface area contributed by atoms with Gasteiger partial charge in [-0.3, -0.25) is 4.79 Å². The Morgan fingerprint density at radius 1 is 1.50 bits per heavy atom. The normalized spacial score (nSPS) is 11.9. The van der Waals surface area contributed by atoms with E-state index in [1.807, 2.05) is 0 Å². The first-order chi connectivity index (χ1) is 8.63. The van der Waals surface area contributed by atoms with Gasteiger partial charge in [0.15, 0.2) is 6.61 Å². The standard InChI is InChI=1S/C12H16ClNO4/c1-17-7-9(15)6-14-12(16)8-18-11-5-3-2-4-10(11)13/h2-5,9,15H,6-8H2,1H3,(H,14,16). The van der Waals surface area contributed by atoms with Gasteiger partial charge >= 0.3 is 0 Å². The molecule has 0 fully saturated rings. The van der Waals surface area contributed by atoms with Crippen LogP contribution in [0, 0.1) is 0 Å². The van der Waals surface area contributed by atoms with Crippen LogP contribution in [-0.2, 0) is 9.53 Å². The lowest BCUT2D eigenvalue weighted by Gasteiger charge is -2.11. The molecule has 1 unspecified atom stereocenters. The summed E-state index contributed by atoms with van der Waals surface area (Å²) in [6.07, 6.45) is -0.723. The van der Waals surface area contributed by atoms with E-state index in [2.05, 4.69) is 5.32 Å². The molecule has 18 heavy (non-hydrogen) atoms. The lowest BCUT2D eigenvalue weighted by atomic mass is 10.3. The van der Waals surface area contributed by atoms with Crippen LogP contribution in [0.5, 0.6) is 5.75 Å². The number of carbonyl (C=O) groups excluding carboxylic acids is 1. The highest BCUT2D eigenvalue weighted by molar-refractivity contribution is 6.32. The molecule has 0 heterocycles. The number of nitrogens with one attached hydrogen (secondary N) is 1. The third-order valence-corrected chi connectivity index (χ3v) is 2.40. The highest BCUT2D eigenvalue weighted by Gasteiger charge is 2.08. The van der Waals surface area contributed by atoms with Crippen LogP contribution < -0.4 is 10.1 Å². The second-order valence-corrected chi connectivity index (χ2v) is 4.04. The first kappa shape index (κ1) is 14.8. The molecule has 1 atom stereocenters. The predicted molar refractivity (Wildman–Crippen MR) is 67.8 cm³/mol. The number of carbonyl (C=O) groups is 1. The third kappa shape index (κ3) is 5.35.